The van der Waals surface area contributed by atoms with Gasteiger partial charge in [0.1, 0.15) is 5.76 Å². The number of ether oxygens (including phenoxy) is 1. The summed E-state index contributed by atoms with van der Waals surface area (Å²) in [6, 6.07) is 12.9. The summed E-state index contributed by atoms with van der Waals surface area (Å²) < 4.78 is 10.1. The molecule has 0 unspecified atom stereocenters. The predicted molar refractivity (Wildman–Crippen MR) is 80.2 cm³/mol. The van der Waals surface area contributed by atoms with Crippen molar-refractivity contribution in [2.75, 3.05) is 13.2 Å². The molecule has 116 valence electrons. The van der Waals surface area contributed by atoms with Crippen molar-refractivity contribution in [1.82, 2.24) is 10.6 Å². The van der Waals surface area contributed by atoms with Crippen molar-refractivity contribution in [2.45, 2.75) is 13.0 Å². The van der Waals surface area contributed by atoms with Crippen molar-refractivity contribution in [3.8, 4) is 0 Å². The maximum absolute atomic E-state index is 11.7. The summed E-state index contributed by atoms with van der Waals surface area (Å²) >= 11 is 0. The molecule has 0 aliphatic rings. The Morgan fingerprint density at radius 1 is 1.18 bits per heavy atom. The number of alkyl carbamates (subject to hydrolysis) is 1. The SMILES string of the molecule is CCOC(=O)NC(=O)CN[C@@H](c1ccccc1)c1ccco1. The highest BCUT2D eigenvalue weighted by Crippen LogP contribution is 2.21. The first-order chi connectivity index (χ1) is 10.7. The van der Waals surface area contributed by atoms with Gasteiger partial charge in [-0.2, -0.15) is 0 Å². The smallest absolute Gasteiger partial charge is 0.413 e. The molecule has 0 radical (unpaired) electrons. The third-order valence-electron chi connectivity index (χ3n) is 2.94. The Bertz CT molecular complexity index is 596. The molecule has 1 aromatic carbocycles. The number of amides is 2. The Hall–Kier alpha value is -2.60. The van der Waals surface area contributed by atoms with Crippen LogP contribution in [0.3, 0.4) is 0 Å². The Kier molecular flexibility index (Phi) is 5.73. The lowest BCUT2D eigenvalue weighted by Crippen LogP contribution is -2.39. The van der Waals surface area contributed by atoms with Crippen LogP contribution in [0.25, 0.3) is 0 Å². The van der Waals surface area contributed by atoms with Crippen LogP contribution in [0.5, 0.6) is 0 Å². The molecule has 0 aliphatic carbocycles. The number of hydrogen-bond donors (Lipinski definition) is 2. The Balaban J connectivity index is 1.99. The standard InChI is InChI=1S/C16H18N2O4/c1-2-21-16(20)18-14(19)11-17-15(13-9-6-10-22-13)12-7-4-3-5-8-12/h3-10,15,17H,2,11H2,1H3,(H,18,19,20)/t15-/m0/s1. The number of benzene rings is 1. The molecule has 6 nitrogen and oxygen atoms in total. The fourth-order valence-electron chi connectivity index (χ4n) is 2.00. The minimum atomic E-state index is -0.747. The number of rotatable bonds is 6. The summed E-state index contributed by atoms with van der Waals surface area (Å²) in [5.74, 6) is 0.223. The van der Waals surface area contributed by atoms with Gasteiger partial charge in [-0.15, -0.1) is 0 Å². The summed E-state index contributed by atoms with van der Waals surface area (Å²) in [5.41, 5.74) is 0.960. The van der Waals surface area contributed by atoms with Crippen LogP contribution in [0.15, 0.2) is 53.1 Å². The lowest BCUT2D eigenvalue weighted by atomic mass is 10.0. The lowest BCUT2D eigenvalue weighted by Gasteiger charge is -2.16. The highest BCUT2D eigenvalue weighted by Gasteiger charge is 2.18. The Morgan fingerprint density at radius 3 is 2.59 bits per heavy atom. The number of imide groups is 1. The fourth-order valence-corrected chi connectivity index (χ4v) is 2.00. The van der Waals surface area contributed by atoms with Gasteiger partial charge in [0.25, 0.3) is 0 Å². The zero-order valence-electron chi connectivity index (χ0n) is 12.2. The molecule has 0 saturated heterocycles. The van der Waals surface area contributed by atoms with Gasteiger partial charge in [0.2, 0.25) is 5.91 Å². The molecule has 22 heavy (non-hydrogen) atoms. The first kappa shape index (κ1) is 15.8. The molecular formula is C16H18N2O4. The molecule has 0 bridgehead atoms. The summed E-state index contributed by atoms with van der Waals surface area (Å²) in [6.45, 7) is 1.84. The number of furan rings is 1. The first-order valence-electron chi connectivity index (χ1n) is 6.99. The summed E-state index contributed by atoms with van der Waals surface area (Å²) in [7, 11) is 0. The van der Waals surface area contributed by atoms with E-state index in [0.29, 0.717) is 5.76 Å². The average molecular weight is 302 g/mol. The van der Waals surface area contributed by atoms with Crippen molar-refractivity contribution in [1.29, 1.82) is 0 Å². The van der Waals surface area contributed by atoms with Gasteiger partial charge in [-0.05, 0) is 24.6 Å². The van der Waals surface area contributed by atoms with Crippen LogP contribution in [0.2, 0.25) is 0 Å². The van der Waals surface area contributed by atoms with Crippen LogP contribution in [-0.4, -0.2) is 25.2 Å². The number of hydrogen-bond acceptors (Lipinski definition) is 5. The monoisotopic (exact) mass is 302 g/mol. The fraction of sp³-hybridized carbons (Fsp3) is 0.250. The molecule has 2 aromatic rings. The third-order valence-corrected chi connectivity index (χ3v) is 2.94. The summed E-state index contributed by atoms with van der Waals surface area (Å²) in [4.78, 5) is 22.9. The van der Waals surface area contributed by atoms with Crippen LogP contribution in [0, 0.1) is 0 Å². The zero-order valence-corrected chi connectivity index (χ0v) is 12.2. The Morgan fingerprint density at radius 2 is 1.95 bits per heavy atom. The highest BCUT2D eigenvalue weighted by molar-refractivity contribution is 5.92. The van der Waals surface area contributed by atoms with Gasteiger partial charge >= 0.3 is 6.09 Å². The van der Waals surface area contributed by atoms with Gasteiger partial charge in [-0.1, -0.05) is 30.3 Å². The van der Waals surface area contributed by atoms with Gasteiger partial charge in [-0.25, -0.2) is 4.79 Å². The van der Waals surface area contributed by atoms with Crippen LogP contribution in [0.1, 0.15) is 24.3 Å². The van der Waals surface area contributed by atoms with E-state index in [2.05, 4.69) is 15.4 Å². The van der Waals surface area contributed by atoms with E-state index in [1.165, 1.54) is 0 Å². The van der Waals surface area contributed by atoms with E-state index in [-0.39, 0.29) is 19.2 Å². The van der Waals surface area contributed by atoms with Gasteiger partial charge in [0.05, 0.1) is 25.5 Å². The van der Waals surface area contributed by atoms with E-state index >= 15 is 0 Å². The van der Waals surface area contributed by atoms with Gasteiger partial charge in [0.15, 0.2) is 0 Å². The van der Waals surface area contributed by atoms with Crippen molar-refractivity contribution in [2.24, 2.45) is 0 Å². The van der Waals surface area contributed by atoms with E-state index in [1.807, 2.05) is 36.4 Å². The number of carbonyl (C=O) groups excluding carboxylic acids is 2. The van der Waals surface area contributed by atoms with Gasteiger partial charge in [0, 0.05) is 0 Å². The molecule has 2 amide bonds. The average Bonchev–Trinajstić information content (AvgIpc) is 3.03. The minimum absolute atomic E-state index is 0.0426. The molecule has 0 aliphatic heterocycles. The molecule has 0 saturated carbocycles. The van der Waals surface area contributed by atoms with E-state index in [9.17, 15) is 9.59 Å². The molecule has 2 N–H and O–H groups in total. The van der Waals surface area contributed by atoms with Crippen molar-refractivity contribution < 1.29 is 18.7 Å². The minimum Gasteiger partial charge on any atom is -0.467 e. The molecule has 1 aromatic heterocycles. The normalized spacial score (nSPS) is 11.7. The second-order valence-electron chi connectivity index (χ2n) is 4.51. The van der Waals surface area contributed by atoms with Gasteiger partial charge in [-0.3, -0.25) is 15.4 Å². The molecule has 1 heterocycles. The van der Waals surface area contributed by atoms with Crippen molar-refractivity contribution in [3.05, 3.63) is 60.1 Å². The topological polar surface area (TPSA) is 80.6 Å². The van der Waals surface area contributed by atoms with Crippen LogP contribution in [-0.2, 0) is 9.53 Å². The summed E-state index contributed by atoms with van der Waals surface area (Å²) in [5, 5.41) is 5.21. The van der Waals surface area contributed by atoms with Crippen LogP contribution in [0.4, 0.5) is 4.79 Å². The van der Waals surface area contributed by atoms with Crippen LogP contribution < -0.4 is 10.6 Å². The maximum Gasteiger partial charge on any atom is 0.413 e. The van der Waals surface area contributed by atoms with Crippen molar-refractivity contribution >= 4 is 12.0 Å². The largest absolute Gasteiger partial charge is 0.467 e. The number of carbonyl (C=O) groups is 2. The number of nitrogens with one attached hydrogen (secondary N) is 2. The van der Waals surface area contributed by atoms with E-state index in [0.717, 1.165) is 5.56 Å². The molecule has 1 atom stereocenters. The Labute approximate surface area is 128 Å². The first-order valence-corrected chi connectivity index (χ1v) is 6.99. The molecule has 6 heteroatoms. The predicted octanol–water partition coefficient (Wildman–Crippen LogP) is 2.23. The quantitative estimate of drug-likeness (QED) is 0.855. The van der Waals surface area contributed by atoms with Crippen molar-refractivity contribution in [3.63, 3.8) is 0 Å². The zero-order chi connectivity index (χ0) is 15.8. The lowest BCUT2D eigenvalue weighted by molar-refractivity contribution is -0.119. The molecule has 2 rings (SSSR count). The van der Waals surface area contributed by atoms with E-state index in [4.69, 9.17) is 4.42 Å². The second-order valence-corrected chi connectivity index (χ2v) is 4.51. The van der Waals surface area contributed by atoms with E-state index < -0.39 is 12.0 Å². The highest BCUT2D eigenvalue weighted by atomic mass is 16.5. The molecule has 0 fully saturated rings. The molecule has 0 spiro atoms. The maximum atomic E-state index is 11.7. The second kappa shape index (κ2) is 7.99. The third kappa shape index (κ3) is 4.46. The van der Waals surface area contributed by atoms with Gasteiger partial charge < -0.3 is 9.15 Å². The van der Waals surface area contributed by atoms with Crippen LogP contribution >= 0.6 is 0 Å². The molecular weight excluding hydrogens is 284 g/mol. The summed E-state index contributed by atoms with van der Waals surface area (Å²) in [6.07, 6.45) is 0.828. The van der Waals surface area contributed by atoms with E-state index in [1.54, 1.807) is 19.3 Å².